The molecular weight excluding hydrogens is 160 g/mol. The van der Waals surface area contributed by atoms with Gasteiger partial charge in [-0.2, -0.15) is 0 Å². The van der Waals surface area contributed by atoms with E-state index in [-0.39, 0.29) is 0 Å². The molecule has 1 rings (SSSR count). The number of halogens is 1. The first-order valence-corrected chi connectivity index (χ1v) is 4.00. The van der Waals surface area contributed by atoms with E-state index in [0.717, 1.165) is 11.4 Å². The number of rotatable bonds is 1. The molecule has 0 amide bonds. The first kappa shape index (κ1) is 10.5. The Kier molecular flexibility index (Phi) is 7.21. The van der Waals surface area contributed by atoms with Crippen molar-refractivity contribution in [1.82, 2.24) is 0 Å². The van der Waals surface area contributed by atoms with E-state index in [1.165, 1.54) is 0 Å². The van der Waals surface area contributed by atoms with Crippen LogP contribution in [0.5, 0.6) is 0 Å². The normalized spacial score (nSPS) is 8.27. The van der Waals surface area contributed by atoms with Crippen LogP contribution in [0.1, 0.15) is 13.3 Å². The zero-order chi connectivity index (χ0) is 8.53. The van der Waals surface area contributed by atoms with Gasteiger partial charge < -0.3 is 5.11 Å². The average Bonchev–Trinajstić information content (AvgIpc) is 2.07. The van der Waals surface area contributed by atoms with Crippen LogP contribution in [0.2, 0.25) is 5.02 Å². The fraction of sp³-hybridized carbons (Fsp3) is 0.333. The summed E-state index contributed by atoms with van der Waals surface area (Å²) < 4.78 is 0. The molecule has 0 aliphatic rings. The van der Waals surface area contributed by atoms with Crippen LogP contribution in [-0.4, -0.2) is 11.7 Å². The quantitative estimate of drug-likeness (QED) is 0.691. The number of aliphatic hydroxyl groups excluding tert-OH is 1. The minimum absolute atomic E-state index is 0.319. The third-order valence-electron chi connectivity index (χ3n) is 0.957. The van der Waals surface area contributed by atoms with Gasteiger partial charge in [-0.1, -0.05) is 36.7 Å². The number of benzene rings is 1. The third kappa shape index (κ3) is 7.37. The predicted octanol–water partition coefficient (Wildman–Crippen LogP) is 2.73. The minimum Gasteiger partial charge on any atom is -0.396 e. The first-order valence-electron chi connectivity index (χ1n) is 3.62. The molecule has 0 aliphatic heterocycles. The molecule has 1 N–H and O–H groups in total. The molecule has 1 aromatic rings. The molecular formula is C9H13ClO. The second-order valence-electron chi connectivity index (χ2n) is 2.02. The maximum Gasteiger partial charge on any atom is 0.0428 e. The second kappa shape index (κ2) is 7.58. The van der Waals surface area contributed by atoms with Crippen molar-refractivity contribution >= 4 is 11.6 Å². The Morgan fingerprint density at radius 3 is 1.91 bits per heavy atom. The molecule has 62 valence electrons. The molecule has 0 bridgehead atoms. The van der Waals surface area contributed by atoms with E-state index in [1.807, 2.05) is 37.3 Å². The topological polar surface area (TPSA) is 20.2 Å². The van der Waals surface area contributed by atoms with Crippen molar-refractivity contribution in [3.63, 3.8) is 0 Å². The largest absolute Gasteiger partial charge is 0.396 e. The highest BCUT2D eigenvalue weighted by atomic mass is 35.5. The standard InChI is InChI=1S/C6H5Cl.C3H8O/c7-6-4-2-1-3-5-6;1-2-3-4/h1-5H;4H,2-3H2,1H3. The molecule has 0 radical (unpaired) electrons. The molecule has 2 heteroatoms. The predicted molar refractivity (Wildman–Crippen MR) is 48.8 cm³/mol. The summed E-state index contributed by atoms with van der Waals surface area (Å²) in [7, 11) is 0. The minimum atomic E-state index is 0.319. The Labute approximate surface area is 72.6 Å². The van der Waals surface area contributed by atoms with Gasteiger partial charge in [-0.25, -0.2) is 0 Å². The van der Waals surface area contributed by atoms with E-state index in [0.29, 0.717) is 6.61 Å². The van der Waals surface area contributed by atoms with E-state index < -0.39 is 0 Å². The molecule has 0 fully saturated rings. The van der Waals surface area contributed by atoms with Crippen molar-refractivity contribution in [3.05, 3.63) is 35.4 Å². The molecule has 0 aliphatic carbocycles. The molecule has 11 heavy (non-hydrogen) atoms. The van der Waals surface area contributed by atoms with Crippen molar-refractivity contribution in [1.29, 1.82) is 0 Å². The summed E-state index contributed by atoms with van der Waals surface area (Å²) in [4.78, 5) is 0. The number of aliphatic hydroxyl groups is 1. The van der Waals surface area contributed by atoms with E-state index in [4.69, 9.17) is 16.7 Å². The van der Waals surface area contributed by atoms with Crippen LogP contribution in [0.3, 0.4) is 0 Å². The summed E-state index contributed by atoms with van der Waals surface area (Å²) in [5.41, 5.74) is 0. The summed E-state index contributed by atoms with van der Waals surface area (Å²) in [6, 6.07) is 9.44. The highest BCUT2D eigenvalue weighted by Crippen LogP contribution is 2.03. The van der Waals surface area contributed by atoms with Crippen LogP contribution in [0.15, 0.2) is 30.3 Å². The highest BCUT2D eigenvalue weighted by molar-refractivity contribution is 6.30. The Morgan fingerprint density at radius 1 is 1.27 bits per heavy atom. The lowest BCUT2D eigenvalue weighted by Crippen LogP contribution is -1.69. The van der Waals surface area contributed by atoms with Crippen molar-refractivity contribution in [2.45, 2.75) is 13.3 Å². The van der Waals surface area contributed by atoms with Gasteiger partial charge in [-0.3, -0.25) is 0 Å². The van der Waals surface area contributed by atoms with E-state index >= 15 is 0 Å². The molecule has 0 atom stereocenters. The lowest BCUT2D eigenvalue weighted by molar-refractivity contribution is 0.295. The summed E-state index contributed by atoms with van der Waals surface area (Å²) in [5.74, 6) is 0. The maximum absolute atomic E-state index is 7.88. The van der Waals surface area contributed by atoms with Crippen molar-refractivity contribution in [2.24, 2.45) is 0 Å². The van der Waals surface area contributed by atoms with Crippen molar-refractivity contribution in [2.75, 3.05) is 6.61 Å². The highest BCUT2D eigenvalue weighted by Gasteiger charge is 1.74. The van der Waals surface area contributed by atoms with Crippen LogP contribution < -0.4 is 0 Å². The van der Waals surface area contributed by atoms with Crippen LogP contribution in [0, 0.1) is 0 Å². The van der Waals surface area contributed by atoms with E-state index in [2.05, 4.69) is 0 Å². The van der Waals surface area contributed by atoms with E-state index in [9.17, 15) is 0 Å². The SMILES string of the molecule is CCCO.Clc1ccccc1. The van der Waals surface area contributed by atoms with Crippen LogP contribution >= 0.6 is 11.6 Å². The summed E-state index contributed by atoms with van der Waals surface area (Å²) in [6.45, 7) is 2.25. The molecule has 0 heterocycles. The molecule has 0 saturated heterocycles. The summed E-state index contributed by atoms with van der Waals surface area (Å²) >= 11 is 5.54. The van der Waals surface area contributed by atoms with Crippen molar-refractivity contribution < 1.29 is 5.11 Å². The van der Waals surface area contributed by atoms with Gasteiger partial charge in [-0.15, -0.1) is 0 Å². The van der Waals surface area contributed by atoms with E-state index in [1.54, 1.807) is 0 Å². The van der Waals surface area contributed by atoms with Crippen LogP contribution in [-0.2, 0) is 0 Å². The molecule has 0 spiro atoms. The zero-order valence-corrected chi connectivity index (χ0v) is 7.38. The van der Waals surface area contributed by atoms with Gasteiger partial charge in [0.1, 0.15) is 0 Å². The monoisotopic (exact) mass is 172 g/mol. The lowest BCUT2D eigenvalue weighted by atomic mass is 10.4. The molecule has 0 saturated carbocycles. The Hall–Kier alpha value is -0.530. The molecule has 0 unspecified atom stereocenters. The Morgan fingerprint density at radius 2 is 1.73 bits per heavy atom. The molecule has 1 nitrogen and oxygen atoms in total. The van der Waals surface area contributed by atoms with Gasteiger partial charge in [0.05, 0.1) is 0 Å². The lowest BCUT2D eigenvalue weighted by Gasteiger charge is -1.80. The van der Waals surface area contributed by atoms with Gasteiger partial charge >= 0.3 is 0 Å². The maximum atomic E-state index is 7.88. The van der Waals surface area contributed by atoms with Crippen LogP contribution in [0.4, 0.5) is 0 Å². The second-order valence-corrected chi connectivity index (χ2v) is 2.46. The van der Waals surface area contributed by atoms with Crippen LogP contribution in [0.25, 0.3) is 0 Å². The molecule has 0 aromatic heterocycles. The average molecular weight is 173 g/mol. The smallest absolute Gasteiger partial charge is 0.0428 e. The first-order chi connectivity index (χ1) is 5.31. The van der Waals surface area contributed by atoms with Gasteiger partial charge in [0, 0.05) is 11.6 Å². The summed E-state index contributed by atoms with van der Waals surface area (Å²) in [6.07, 6.45) is 0.875. The number of hydrogen-bond acceptors (Lipinski definition) is 1. The Bertz CT molecular complexity index is 160. The zero-order valence-electron chi connectivity index (χ0n) is 6.63. The van der Waals surface area contributed by atoms with Gasteiger partial charge in [0.15, 0.2) is 0 Å². The van der Waals surface area contributed by atoms with Gasteiger partial charge in [-0.05, 0) is 18.6 Å². The van der Waals surface area contributed by atoms with Gasteiger partial charge in [0.2, 0.25) is 0 Å². The Balaban J connectivity index is 0.000000218. The third-order valence-corrected chi connectivity index (χ3v) is 1.21. The fourth-order valence-corrected chi connectivity index (χ4v) is 0.560. The number of hydrogen-bond donors (Lipinski definition) is 1. The van der Waals surface area contributed by atoms with Crippen molar-refractivity contribution in [3.8, 4) is 0 Å². The molecule has 1 aromatic carbocycles. The van der Waals surface area contributed by atoms with Gasteiger partial charge in [0.25, 0.3) is 0 Å². The fourth-order valence-electron chi connectivity index (χ4n) is 0.415. The summed E-state index contributed by atoms with van der Waals surface area (Å²) in [5, 5.41) is 8.67.